The maximum atomic E-state index is 12.4. The molecule has 0 aliphatic carbocycles. The van der Waals surface area contributed by atoms with Crippen molar-refractivity contribution in [3.8, 4) is 11.5 Å². The predicted molar refractivity (Wildman–Crippen MR) is 318 cm³/mol. The molecular formula is C59H86ClF3N12O3S. The van der Waals surface area contributed by atoms with E-state index in [1.54, 1.807) is 17.8 Å². The van der Waals surface area contributed by atoms with E-state index in [1.165, 1.54) is 69.8 Å². The molecule has 0 spiro atoms. The van der Waals surface area contributed by atoms with Crippen LogP contribution in [-0.4, -0.2) is 157 Å². The topological polar surface area (TPSA) is 175 Å². The predicted octanol–water partition coefficient (Wildman–Crippen LogP) is 11.6. The van der Waals surface area contributed by atoms with Gasteiger partial charge >= 0.3 is 6.18 Å². The fourth-order valence-electron chi connectivity index (χ4n) is 10.6. The van der Waals surface area contributed by atoms with E-state index in [1.807, 2.05) is 72.3 Å². The molecule has 4 aliphatic heterocycles. The molecule has 1 aromatic heterocycles. The van der Waals surface area contributed by atoms with Crippen molar-refractivity contribution < 1.29 is 28.2 Å². The smallest absolute Gasteiger partial charge is 0.388 e. The van der Waals surface area contributed by atoms with E-state index in [-0.39, 0.29) is 40.2 Å². The van der Waals surface area contributed by atoms with Gasteiger partial charge in [-0.25, -0.2) is 9.97 Å². The Labute approximate surface area is 476 Å². The highest BCUT2D eigenvalue weighted by molar-refractivity contribution is 7.99. The Morgan fingerprint density at radius 1 is 0.848 bits per heavy atom. The first kappa shape index (κ1) is 63.0. The molecule has 20 heteroatoms. The summed E-state index contributed by atoms with van der Waals surface area (Å²) in [4.78, 5) is 37.2. The second kappa shape index (κ2) is 29.0. The van der Waals surface area contributed by atoms with E-state index in [4.69, 9.17) is 32.4 Å². The Kier molecular flexibility index (Phi) is 23.1. The number of hydrogen-bond donors (Lipinski definition) is 6. The highest BCUT2D eigenvalue weighted by Gasteiger charge is 2.32. The highest BCUT2D eigenvalue weighted by Crippen LogP contribution is 2.41. The number of aromatic hydroxyl groups is 2. The van der Waals surface area contributed by atoms with Gasteiger partial charge in [0.1, 0.15) is 28.2 Å². The first-order valence-corrected chi connectivity index (χ1v) is 29.4. The number of alkyl halides is 3. The number of piperazine rings is 1. The minimum Gasteiger partial charge on any atom is -0.508 e. The zero-order valence-corrected chi connectivity index (χ0v) is 49.5. The average Bonchev–Trinajstić information content (AvgIpc) is 3.46. The standard InChI is InChI=1S/C54H75ClN12O3S.C3H5F3.C2H6/c1-36(2)42-30-43(46(70)31-45(42)69)51(57)67(50(56)37(3)68)41-12-10-38(11-13-41)33-62-20-14-39(15-21-62)34-63-22-16-40(17-23-63)35-64-26-28-65(29-27-64)44-8-7-9-47(49(44)55)71-53-52(58-5)61-48(32-60-53)66-24-18-54(4,59-6)19-25-66;1-2-3(4,5)6;1-2/h7-13,30-32,36,39-40,56-57,59,69-70H,14-29,33-35H2,1-6H3,(H,58,61);2H2,1H3;1-2H3. The van der Waals surface area contributed by atoms with Crippen LogP contribution in [0.5, 0.6) is 11.5 Å². The van der Waals surface area contributed by atoms with Gasteiger partial charge in [-0.15, -0.1) is 0 Å². The summed E-state index contributed by atoms with van der Waals surface area (Å²) in [7, 11) is 3.95. The number of phenolic OH excluding ortho intramolecular Hbond substituents is 2. The van der Waals surface area contributed by atoms with Gasteiger partial charge in [-0.3, -0.25) is 30.3 Å². The number of nitrogens with zero attached hydrogens (tertiary/aromatic N) is 8. The summed E-state index contributed by atoms with van der Waals surface area (Å²) in [5.74, 6) is 1.64. The van der Waals surface area contributed by atoms with Crippen molar-refractivity contribution in [2.24, 2.45) is 11.8 Å². The van der Waals surface area contributed by atoms with Gasteiger partial charge in [-0.1, -0.05) is 76.2 Å². The number of anilines is 4. The molecule has 8 rings (SSSR count). The van der Waals surface area contributed by atoms with Gasteiger partial charge in [0.05, 0.1) is 22.5 Å². The number of halogens is 4. The molecule has 6 N–H and O–H groups in total. The summed E-state index contributed by atoms with van der Waals surface area (Å²) in [6.45, 7) is 26.0. The Balaban J connectivity index is 0.00000118. The molecule has 4 fully saturated rings. The van der Waals surface area contributed by atoms with Crippen LogP contribution in [0.15, 0.2) is 70.7 Å². The third-order valence-corrected chi connectivity index (χ3v) is 17.4. The molecule has 4 aliphatic rings. The maximum Gasteiger partial charge on any atom is 0.388 e. The number of phenols is 2. The van der Waals surface area contributed by atoms with Crippen LogP contribution < -0.4 is 25.3 Å². The van der Waals surface area contributed by atoms with Crippen molar-refractivity contribution in [1.29, 1.82) is 10.8 Å². The van der Waals surface area contributed by atoms with Gasteiger partial charge in [-0.2, -0.15) is 13.2 Å². The van der Waals surface area contributed by atoms with E-state index in [9.17, 15) is 28.2 Å². The van der Waals surface area contributed by atoms with Gasteiger partial charge in [0, 0.05) is 101 Å². The van der Waals surface area contributed by atoms with Crippen molar-refractivity contribution in [3.63, 3.8) is 0 Å². The van der Waals surface area contributed by atoms with Crippen molar-refractivity contribution >= 4 is 63.8 Å². The zero-order chi connectivity index (χ0) is 57.6. The molecule has 4 aromatic rings. The number of carbonyl (C=O) groups is 1. The molecule has 434 valence electrons. The fourth-order valence-corrected chi connectivity index (χ4v) is 11.9. The van der Waals surface area contributed by atoms with Crippen LogP contribution >= 0.6 is 23.4 Å². The minimum atomic E-state index is -3.96. The molecule has 0 bridgehead atoms. The first-order chi connectivity index (χ1) is 37.7. The number of hydrogen-bond acceptors (Lipinski definition) is 15. The van der Waals surface area contributed by atoms with Crippen LogP contribution in [0.25, 0.3) is 0 Å². The zero-order valence-electron chi connectivity index (χ0n) is 47.9. The summed E-state index contributed by atoms with van der Waals surface area (Å²) in [5.41, 5.74) is 3.59. The van der Waals surface area contributed by atoms with Crippen LogP contribution in [0.3, 0.4) is 0 Å². The lowest BCUT2D eigenvalue weighted by atomic mass is 9.90. The lowest BCUT2D eigenvalue weighted by Gasteiger charge is -2.41. The molecule has 5 heterocycles. The van der Waals surface area contributed by atoms with Gasteiger partial charge in [0.2, 0.25) is 0 Å². The second-order valence-electron chi connectivity index (χ2n) is 21.7. The van der Waals surface area contributed by atoms with Gasteiger partial charge in [0.15, 0.2) is 17.4 Å². The lowest BCUT2D eigenvalue weighted by molar-refractivity contribution is -0.130. The summed E-state index contributed by atoms with van der Waals surface area (Å²) < 4.78 is 32.4. The molecule has 79 heavy (non-hydrogen) atoms. The average molecular weight is 1140 g/mol. The van der Waals surface area contributed by atoms with Gasteiger partial charge < -0.3 is 35.5 Å². The maximum absolute atomic E-state index is 12.4. The molecule has 0 unspecified atom stereocenters. The molecule has 0 amide bonds. The van der Waals surface area contributed by atoms with Gasteiger partial charge in [-0.05, 0) is 138 Å². The molecular weight excluding hydrogens is 1050 g/mol. The Morgan fingerprint density at radius 3 is 1.95 bits per heavy atom. The second-order valence-corrected chi connectivity index (χ2v) is 23.1. The van der Waals surface area contributed by atoms with E-state index < -0.39 is 18.4 Å². The highest BCUT2D eigenvalue weighted by atomic mass is 35.5. The van der Waals surface area contributed by atoms with Crippen LogP contribution in [0.1, 0.15) is 116 Å². The van der Waals surface area contributed by atoms with E-state index >= 15 is 0 Å². The molecule has 0 radical (unpaired) electrons. The number of carbonyl (C=O) groups excluding carboxylic acids is 1. The third-order valence-electron chi connectivity index (χ3n) is 15.9. The number of benzene rings is 3. The van der Waals surface area contributed by atoms with E-state index in [0.29, 0.717) is 17.2 Å². The van der Waals surface area contributed by atoms with E-state index in [2.05, 4.69) is 60.3 Å². The fraction of sp³-hybridized carbons (Fsp3) is 0.576. The number of rotatable bonds is 16. The number of amidine groups is 2. The summed E-state index contributed by atoms with van der Waals surface area (Å²) in [5, 5.41) is 47.0. The summed E-state index contributed by atoms with van der Waals surface area (Å²) in [6, 6.07) is 16.8. The number of ketones is 1. The van der Waals surface area contributed by atoms with E-state index in [0.717, 1.165) is 122 Å². The SMILES string of the molecule is CC.CCC(F)(F)F.CNc1nc(N2CCC(C)(NC)CC2)cnc1Sc1cccc(N2CCN(CC3CCN(CC4CCN(Cc5ccc(N(C(=N)C(C)=O)C(=N)c6cc(C(C)C)c(O)cc6O)cc5)CC4)CC3)CC2)c1Cl. The van der Waals surface area contributed by atoms with Crippen LogP contribution in [-0.2, 0) is 11.3 Å². The Hall–Kier alpha value is -5.18. The quantitative estimate of drug-likeness (QED) is 0.0462. The molecule has 4 saturated heterocycles. The Morgan fingerprint density at radius 2 is 1.42 bits per heavy atom. The monoisotopic (exact) mass is 1130 g/mol. The third kappa shape index (κ3) is 17.2. The summed E-state index contributed by atoms with van der Waals surface area (Å²) in [6.07, 6.45) is 4.21. The number of likely N-dealkylation sites (tertiary alicyclic amines) is 2. The van der Waals surface area contributed by atoms with Crippen LogP contribution in [0.2, 0.25) is 5.02 Å². The largest absolute Gasteiger partial charge is 0.508 e. The minimum absolute atomic E-state index is 0.0564. The normalized spacial score (nSPS) is 17.8. The number of aromatic nitrogens is 2. The molecule has 0 saturated carbocycles. The first-order valence-electron chi connectivity index (χ1n) is 28.2. The number of nitrogens with one attached hydrogen (secondary N) is 4. The van der Waals surface area contributed by atoms with Gasteiger partial charge in [0.25, 0.3) is 0 Å². The molecule has 0 atom stereocenters. The molecule has 15 nitrogen and oxygen atoms in total. The van der Waals surface area contributed by atoms with Crippen LogP contribution in [0.4, 0.5) is 36.2 Å². The molecule has 3 aromatic carbocycles. The Bertz CT molecular complexity index is 2630. The lowest BCUT2D eigenvalue weighted by Crippen LogP contribution is -2.50. The van der Waals surface area contributed by atoms with Crippen molar-refractivity contribution in [2.75, 3.05) is 113 Å². The van der Waals surface area contributed by atoms with Crippen molar-refractivity contribution in [1.82, 2.24) is 30.0 Å². The van der Waals surface area contributed by atoms with Crippen molar-refractivity contribution in [2.45, 2.75) is 128 Å². The van der Waals surface area contributed by atoms with Crippen molar-refractivity contribution in [3.05, 3.63) is 82.5 Å². The number of piperidine rings is 3. The summed E-state index contributed by atoms with van der Waals surface area (Å²) >= 11 is 8.74. The number of Topliss-reactive ketones (excluding diaryl/α,β-unsaturated/α-hetero) is 1. The van der Waals surface area contributed by atoms with Crippen LogP contribution in [0, 0.1) is 22.7 Å².